The van der Waals surface area contributed by atoms with Crippen LogP contribution >= 0.6 is 11.8 Å². The van der Waals surface area contributed by atoms with Crippen molar-refractivity contribution in [3.8, 4) is 0 Å². The molecule has 2 aliphatic rings. The molecule has 30 heavy (non-hydrogen) atoms. The van der Waals surface area contributed by atoms with Crippen LogP contribution < -0.4 is 5.32 Å². The third kappa shape index (κ3) is 3.25. The van der Waals surface area contributed by atoms with Crippen molar-refractivity contribution in [1.82, 2.24) is 5.32 Å². The molecule has 1 N–H and O–H groups in total. The summed E-state index contributed by atoms with van der Waals surface area (Å²) in [5.74, 6) is 0.285. The molecule has 3 aromatic rings. The van der Waals surface area contributed by atoms with Crippen molar-refractivity contribution in [3.63, 3.8) is 0 Å². The summed E-state index contributed by atoms with van der Waals surface area (Å²) < 4.78 is 14.7. The number of fused-ring (bicyclic) bond motifs is 2. The molecule has 148 valence electrons. The Morgan fingerprint density at radius 2 is 1.67 bits per heavy atom. The highest BCUT2D eigenvalue weighted by atomic mass is 32.2. The Morgan fingerprint density at radius 1 is 0.967 bits per heavy atom. The Bertz CT molecular complexity index is 1210. The number of carbonyl (C=O) groups is 1. The number of thioether (sulfide) groups is 1. The molecule has 0 amide bonds. The highest BCUT2D eigenvalue weighted by Crippen LogP contribution is 2.43. The summed E-state index contributed by atoms with van der Waals surface area (Å²) in [6.07, 6.45) is 0. The Balaban J connectivity index is 1.53. The molecule has 0 aromatic heterocycles. The summed E-state index contributed by atoms with van der Waals surface area (Å²) in [6.45, 7) is 2.06. The number of ketones is 1. The maximum Gasteiger partial charge on any atom is 0.194 e. The van der Waals surface area contributed by atoms with Gasteiger partial charge >= 0.3 is 0 Å². The van der Waals surface area contributed by atoms with E-state index in [1.807, 2.05) is 24.3 Å². The second-order valence-corrected chi connectivity index (χ2v) is 8.39. The fraction of sp³-hybridized carbons (Fsp3) is 0.120. The van der Waals surface area contributed by atoms with Gasteiger partial charge < -0.3 is 5.32 Å². The van der Waals surface area contributed by atoms with Crippen molar-refractivity contribution < 1.29 is 9.18 Å². The van der Waals surface area contributed by atoms with Gasteiger partial charge in [0.25, 0.3) is 0 Å². The van der Waals surface area contributed by atoms with Crippen molar-refractivity contribution in [3.05, 3.63) is 112 Å². The van der Waals surface area contributed by atoms with Crippen LogP contribution in [-0.2, 0) is 5.75 Å². The van der Waals surface area contributed by atoms with Crippen molar-refractivity contribution in [2.75, 3.05) is 0 Å². The second-order valence-electron chi connectivity index (χ2n) is 7.42. The van der Waals surface area contributed by atoms with E-state index < -0.39 is 6.04 Å². The standard InChI is InChI=1S/C25H19FN2OS/c1-15-10-12-16(13-11-15)14-30-25-27-22-17-6-2-3-7-18(17)24(29)21(22)23(28-25)19-8-4-5-9-20(19)26/h2-13,23H,14H2,1H3,(H,27,28). The van der Waals surface area contributed by atoms with Crippen molar-refractivity contribution in [1.29, 1.82) is 0 Å². The van der Waals surface area contributed by atoms with Gasteiger partial charge in [0.15, 0.2) is 11.0 Å². The van der Waals surface area contributed by atoms with Gasteiger partial charge in [-0.3, -0.25) is 4.79 Å². The molecule has 0 bridgehead atoms. The summed E-state index contributed by atoms with van der Waals surface area (Å²) in [4.78, 5) is 17.9. The van der Waals surface area contributed by atoms with E-state index in [1.54, 1.807) is 30.0 Å². The zero-order valence-electron chi connectivity index (χ0n) is 16.4. The van der Waals surface area contributed by atoms with Gasteiger partial charge in [-0.05, 0) is 18.6 Å². The molecule has 1 aliphatic carbocycles. The number of rotatable bonds is 3. The van der Waals surface area contributed by atoms with Gasteiger partial charge in [-0.25, -0.2) is 9.38 Å². The zero-order valence-corrected chi connectivity index (χ0v) is 17.2. The van der Waals surface area contributed by atoms with Crippen molar-refractivity contribution in [2.45, 2.75) is 18.7 Å². The van der Waals surface area contributed by atoms with Crippen LogP contribution in [-0.4, -0.2) is 11.0 Å². The molecule has 3 aromatic carbocycles. The fourth-order valence-electron chi connectivity index (χ4n) is 3.85. The van der Waals surface area contributed by atoms with E-state index in [4.69, 9.17) is 4.99 Å². The van der Waals surface area contributed by atoms with E-state index in [0.29, 0.717) is 21.9 Å². The lowest BCUT2D eigenvalue weighted by Gasteiger charge is -2.24. The van der Waals surface area contributed by atoms with Gasteiger partial charge in [0, 0.05) is 22.4 Å². The molecule has 1 heterocycles. The number of amidine groups is 1. The van der Waals surface area contributed by atoms with Gasteiger partial charge in [-0.2, -0.15) is 0 Å². The van der Waals surface area contributed by atoms with Crippen LogP contribution in [0.25, 0.3) is 5.70 Å². The summed E-state index contributed by atoms with van der Waals surface area (Å²) in [7, 11) is 0. The van der Waals surface area contributed by atoms with Crippen LogP contribution in [0.2, 0.25) is 0 Å². The molecular formula is C25H19FN2OS. The zero-order chi connectivity index (χ0) is 20.7. The molecule has 5 heteroatoms. The van der Waals surface area contributed by atoms with Gasteiger partial charge in [-0.1, -0.05) is 84.1 Å². The minimum atomic E-state index is -0.664. The topological polar surface area (TPSA) is 41.5 Å². The number of nitrogens with one attached hydrogen (secondary N) is 1. The van der Waals surface area contributed by atoms with Crippen LogP contribution in [0, 0.1) is 12.7 Å². The minimum absolute atomic E-state index is 0.0901. The molecule has 0 fully saturated rings. The van der Waals surface area contributed by atoms with Gasteiger partial charge in [0.05, 0.1) is 11.3 Å². The maximum absolute atomic E-state index is 14.7. The molecule has 5 rings (SSSR count). The molecular weight excluding hydrogens is 395 g/mol. The van der Waals surface area contributed by atoms with E-state index in [1.165, 1.54) is 17.2 Å². The first-order valence-electron chi connectivity index (χ1n) is 9.77. The SMILES string of the molecule is Cc1ccc(CSC2=NC(c3ccccc3F)C3=C(N2)c2ccccc2C3=O)cc1. The van der Waals surface area contributed by atoms with Crippen LogP contribution in [0.5, 0.6) is 0 Å². The average molecular weight is 415 g/mol. The molecule has 0 radical (unpaired) electrons. The molecule has 1 unspecified atom stereocenters. The predicted molar refractivity (Wildman–Crippen MR) is 120 cm³/mol. The number of nitrogens with zero attached hydrogens (tertiary/aromatic N) is 1. The van der Waals surface area contributed by atoms with Crippen LogP contribution in [0.15, 0.2) is 83.4 Å². The van der Waals surface area contributed by atoms with Crippen LogP contribution in [0.3, 0.4) is 0 Å². The minimum Gasteiger partial charge on any atom is -0.334 e. The van der Waals surface area contributed by atoms with E-state index in [-0.39, 0.29) is 11.6 Å². The van der Waals surface area contributed by atoms with Gasteiger partial charge in [0.2, 0.25) is 0 Å². The molecule has 0 saturated heterocycles. The Morgan fingerprint density at radius 3 is 2.43 bits per heavy atom. The lowest BCUT2D eigenvalue weighted by Crippen LogP contribution is -2.27. The first kappa shape index (κ1) is 18.8. The van der Waals surface area contributed by atoms with E-state index in [9.17, 15) is 9.18 Å². The summed E-state index contributed by atoms with van der Waals surface area (Å²) >= 11 is 1.56. The summed E-state index contributed by atoms with van der Waals surface area (Å²) in [5, 5.41) is 4.04. The quantitative estimate of drug-likeness (QED) is 0.600. The number of aliphatic imine (C=N–C) groups is 1. The molecule has 0 spiro atoms. The predicted octanol–water partition coefficient (Wildman–Crippen LogP) is 5.68. The van der Waals surface area contributed by atoms with Crippen LogP contribution in [0.1, 0.15) is 38.7 Å². The lowest BCUT2D eigenvalue weighted by molar-refractivity contribution is 0.103. The monoisotopic (exact) mass is 414 g/mol. The highest BCUT2D eigenvalue weighted by molar-refractivity contribution is 8.13. The largest absolute Gasteiger partial charge is 0.334 e. The number of aryl methyl sites for hydroxylation is 1. The smallest absolute Gasteiger partial charge is 0.194 e. The fourth-order valence-corrected chi connectivity index (χ4v) is 4.70. The normalized spacial score (nSPS) is 17.3. The average Bonchev–Trinajstić information content (AvgIpc) is 3.06. The Labute approximate surface area is 178 Å². The van der Waals surface area contributed by atoms with Gasteiger partial charge in [-0.15, -0.1) is 0 Å². The number of halogens is 1. The summed E-state index contributed by atoms with van der Waals surface area (Å²) in [6, 6.07) is 21.7. The van der Waals surface area contributed by atoms with E-state index in [0.717, 1.165) is 17.0 Å². The van der Waals surface area contributed by atoms with Crippen molar-refractivity contribution >= 4 is 28.4 Å². The molecule has 3 nitrogen and oxygen atoms in total. The van der Waals surface area contributed by atoms with E-state index in [2.05, 4.69) is 36.5 Å². The second kappa shape index (κ2) is 7.58. The third-order valence-corrected chi connectivity index (χ3v) is 6.36. The molecule has 1 aliphatic heterocycles. The Kier molecular flexibility index (Phi) is 4.75. The maximum atomic E-state index is 14.7. The number of Topliss-reactive ketones (excluding diaryl/α,β-unsaturated/α-hetero) is 1. The highest BCUT2D eigenvalue weighted by Gasteiger charge is 2.39. The first-order valence-corrected chi connectivity index (χ1v) is 10.8. The number of hydrogen-bond donors (Lipinski definition) is 1. The number of hydrogen-bond acceptors (Lipinski definition) is 4. The van der Waals surface area contributed by atoms with Crippen molar-refractivity contribution in [2.24, 2.45) is 4.99 Å². The third-order valence-electron chi connectivity index (χ3n) is 5.40. The summed E-state index contributed by atoms with van der Waals surface area (Å²) in [5.41, 5.74) is 5.55. The first-order chi connectivity index (χ1) is 14.6. The van der Waals surface area contributed by atoms with Crippen LogP contribution in [0.4, 0.5) is 4.39 Å². The molecule has 0 saturated carbocycles. The number of carbonyl (C=O) groups excluding carboxylic acids is 1. The molecule has 1 atom stereocenters. The van der Waals surface area contributed by atoms with E-state index >= 15 is 0 Å². The lowest BCUT2D eigenvalue weighted by atomic mass is 9.95. The number of benzene rings is 3. The Hall–Kier alpha value is -3.18. The van der Waals surface area contributed by atoms with Gasteiger partial charge in [0.1, 0.15) is 11.9 Å².